The smallest absolute Gasteiger partial charge is 0.0585 e. The van der Waals surface area contributed by atoms with Crippen LogP contribution in [0.1, 0.15) is 58.8 Å². The van der Waals surface area contributed by atoms with E-state index in [2.05, 4.69) is 19.2 Å². The van der Waals surface area contributed by atoms with Crippen molar-refractivity contribution in [2.24, 2.45) is 5.41 Å². The molecule has 2 rings (SSSR count). The summed E-state index contributed by atoms with van der Waals surface area (Å²) in [7, 11) is 0. The Bertz CT molecular complexity index is 211. The third-order valence-electron chi connectivity index (χ3n) is 4.39. The first-order chi connectivity index (χ1) is 7.74. The van der Waals surface area contributed by atoms with E-state index in [4.69, 9.17) is 4.74 Å². The summed E-state index contributed by atoms with van der Waals surface area (Å²) >= 11 is 0. The van der Waals surface area contributed by atoms with Crippen LogP contribution in [0.2, 0.25) is 0 Å². The highest BCUT2D eigenvalue weighted by Gasteiger charge is 2.37. The van der Waals surface area contributed by atoms with E-state index >= 15 is 0 Å². The van der Waals surface area contributed by atoms with Crippen LogP contribution in [0.25, 0.3) is 0 Å². The number of ether oxygens (including phenoxy) is 1. The lowest BCUT2D eigenvalue weighted by Gasteiger charge is -2.32. The minimum absolute atomic E-state index is 0.502. The monoisotopic (exact) mass is 225 g/mol. The van der Waals surface area contributed by atoms with Gasteiger partial charge in [0, 0.05) is 6.54 Å². The summed E-state index contributed by atoms with van der Waals surface area (Å²) in [5.41, 5.74) is 0.560. The second kappa shape index (κ2) is 5.50. The predicted octanol–water partition coefficient (Wildman–Crippen LogP) is 3.11. The first-order valence-corrected chi connectivity index (χ1v) is 7.10. The van der Waals surface area contributed by atoms with Gasteiger partial charge >= 0.3 is 0 Å². The standard InChI is InChI=1S/C14H27NO/c1-3-15-11-14(8-4-5-9-14)10-13-7-6-12(2)16-13/h12-13,15H,3-11H2,1-2H3. The molecule has 1 aliphatic heterocycles. The molecule has 1 heterocycles. The van der Waals surface area contributed by atoms with E-state index < -0.39 is 0 Å². The molecular formula is C14H27NO. The van der Waals surface area contributed by atoms with E-state index in [1.165, 1.54) is 51.5 Å². The average Bonchev–Trinajstić information content (AvgIpc) is 2.87. The second-order valence-electron chi connectivity index (χ2n) is 5.84. The van der Waals surface area contributed by atoms with Crippen LogP contribution in [0.5, 0.6) is 0 Å². The van der Waals surface area contributed by atoms with Crippen LogP contribution in [0.4, 0.5) is 0 Å². The van der Waals surface area contributed by atoms with Crippen molar-refractivity contribution in [1.82, 2.24) is 5.32 Å². The van der Waals surface area contributed by atoms with Gasteiger partial charge in [0.2, 0.25) is 0 Å². The molecule has 0 aromatic carbocycles. The molecule has 2 fully saturated rings. The predicted molar refractivity (Wildman–Crippen MR) is 67.6 cm³/mol. The van der Waals surface area contributed by atoms with E-state index in [1.807, 2.05) is 0 Å². The molecule has 16 heavy (non-hydrogen) atoms. The molecule has 2 heteroatoms. The van der Waals surface area contributed by atoms with Gasteiger partial charge in [-0.05, 0) is 51.0 Å². The molecule has 0 bridgehead atoms. The van der Waals surface area contributed by atoms with Gasteiger partial charge in [0.25, 0.3) is 0 Å². The summed E-state index contributed by atoms with van der Waals surface area (Å²) in [6, 6.07) is 0. The lowest BCUT2D eigenvalue weighted by molar-refractivity contribution is 0.0224. The quantitative estimate of drug-likeness (QED) is 0.776. The van der Waals surface area contributed by atoms with Crippen LogP contribution in [0.15, 0.2) is 0 Å². The normalized spacial score (nSPS) is 33.4. The fourth-order valence-electron chi connectivity index (χ4n) is 3.49. The highest BCUT2D eigenvalue weighted by Crippen LogP contribution is 2.43. The molecular weight excluding hydrogens is 198 g/mol. The number of hydrogen-bond donors (Lipinski definition) is 1. The summed E-state index contributed by atoms with van der Waals surface area (Å²) in [6.45, 7) is 6.73. The van der Waals surface area contributed by atoms with Crippen molar-refractivity contribution >= 4 is 0 Å². The maximum Gasteiger partial charge on any atom is 0.0585 e. The molecule has 1 saturated carbocycles. The van der Waals surface area contributed by atoms with Crippen LogP contribution in [-0.2, 0) is 4.74 Å². The largest absolute Gasteiger partial charge is 0.375 e. The van der Waals surface area contributed by atoms with Gasteiger partial charge in [-0.3, -0.25) is 0 Å². The molecule has 2 atom stereocenters. The van der Waals surface area contributed by atoms with Crippen LogP contribution in [0.3, 0.4) is 0 Å². The molecule has 2 unspecified atom stereocenters. The molecule has 2 aliphatic rings. The van der Waals surface area contributed by atoms with Gasteiger partial charge in [0.15, 0.2) is 0 Å². The van der Waals surface area contributed by atoms with Gasteiger partial charge < -0.3 is 10.1 Å². The Kier molecular flexibility index (Phi) is 4.26. The molecule has 0 spiro atoms. The lowest BCUT2D eigenvalue weighted by atomic mass is 9.80. The number of rotatable bonds is 5. The fourth-order valence-corrected chi connectivity index (χ4v) is 3.49. The molecule has 1 aliphatic carbocycles. The molecule has 0 amide bonds. The Morgan fingerprint density at radius 2 is 2.00 bits per heavy atom. The van der Waals surface area contributed by atoms with E-state index in [-0.39, 0.29) is 0 Å². The zero-order chi connectivity index (χ0) is 11.4. The van der Waals surface area contributed by atoms with Crippen LogP contribution in [-0.4, -0.2) is 25.3 Å². The summed E-state index contributed by atoms with van der Waals surface area (Å²) < 4.78 is 6.00. The Morgan fingerprint density at radius 1 is 1.25 bits per heavy atom. The Hall–Kier alpha value is -0.0800. The van der Waals surface area contributed by atoms with Crippen molar-refractivity contribution in [3.8, 4) is 0 Å². The van der Waals surface area contributed by atoms with Gasteiger partial charge in [-0.1, -0.05) is 19.8 Å². The van der Waals surface area contributed by atoms with Gasteiger partial charge in [-0.25, -0.2) is 0 Å². The van der Waals surface area contributed by atoms with Gasteiger partial charge in [-0.2, -0.15) is 0 Å². The molecule has 2 nitrogen and oxygen atoms in total. The van der Waals surface area contributed by atoms with Crippen molar-refractivity contribution in [3.63, 3.8) is 0 Å². The Labute approximate surface area is 100 Å². The van der Waals surface area contributed by atoms with Gasteiger partial charge in [-0.15, -0.1) is 0 Å². The maximum absolute atomic E-state index is 6.00. The number of nitrogens with one attached hydrogen (secondary N) is 1. The molecule has 1 saturated heterocycles. The molecule has 0 radical (unpaired) electrons. The minimum Gasteiger partial charge on any atom is -0.375 e. The average molecular weight is 225 g/mol. The minimum atomic E-state index is 0.502. The summed E-state index contributed by atoms with van der Waals surface area (Å²) in [6.07, 6.45) is 10.6. The summed E-state index contributed by atoms with van der Waals surface area (Å²) in [5, 5.41) is 3.56. The van der Waals surface area contributed by atoms with E-state index in [0.29, 0.717) is 17.6 Å². The zero-order valence-electron chi connectivity index (χ0n) is 10.9. The SMILES string of the molecule is CCNCC1(CC2CCC(C)O2)CCCC1. The van der Waals surface area contributed by atoms with E-state index in [0.717, 1.165) is 6.54 Å². The van der Waals surface area contributed by atoms with Gasteiger partial charge in [0.1, 0.15) is 0 Å². The topological polar surface area (TPSA) is 21.3 Å². The number of hydrogen-bond acceptors (Lipinski definition) is 2. The van der Waals surface area contributed by atoms with Crippen molar-refractivity contribution in [2.45, 2.75) is 71.0 Å². The molecule has 1 N–H and O–H groups in total. The van der Waals surface area contributed by atoms with Crippen molar-refractivity contribution in [2.75, 3.05) is 13.1 Å². The Morgan fingerprint density at radius 3 is 2.56 bits per heavy atom. The third kappa shape index (κ3) is 2.98. The second-order valence-corrected chi connectivity index (χ2v) is 5.84. The van der Waals surface area contributed by atoms with E-state index in [1.54, 1.807) is 0 Å². The van der Waals surface area contributed by atoms with Crippen LogP contribution < -0.4 is 5.32 Å². The summed E-state index contributed by atoms with van der Waals surface area (Å²) in [5.74, 6) is 0. The maximum atomic E-state index is 6.00. The van der Waals surface area contributed by atoms with Gasteiger partial charge in [0.05, 0.1) is 12.2 Å². The first-order valence-electron chi connectivity index (χ1n) is 7.10. The molecule has 94 valence electrons. The third-order valence-corrected chi connectivity index (χ3v) is 4.39. The fraction of sp³-hybridized carbons (Fsp3) is 1.00. The zero-order valence-corrected chi connectivity index (χ0v) is 10.9. The Balaban J connectivity index is 1.86. The highest BCUT2D eigenvalue weighted by molar-refractivity contribution is 4.90. The van der Waals surface area contributed by atoms with E-state index in [9.17, 15) is 0 Å². The van der Waals surface area contributed by atoms with Crippen molar-refractivity contribution in [1.29, 1.82) is 0 Å². The van der Waals surface area contributed by atoms with Crippen LogP contribution in [0, 0.1) is 5.41 Å². The first kappa shape index (κ1) is 12.4. The molecule has 0 aromatic heterocycles. The lowest BCUT2D eigenvalue weighted by Crippen LogP contribution is -2.35. The summed E-state index contributed by atoms with van der Waals surface area (Å²) in [4.78, 5) is 0. The van der Waals surface area contributed by atoms with Crippen molar-refractivity contribution < 1.29 is 4.74 Å². The van der Waals surface area contributed by atoms with Crippen molar-refractivity contribution in [3.05, 3.63) is 0 Å². The highest BCUT2D eigenvalue weighted by atomic mass is 16.5. The van der Waals surface area contributed by atoms with Crippen LogP contribution >= 0.6 is 0 Å². The molecule has 0 aromatic rings.